The monoisotopic (exact) mass is 376 g/mol. The number of amides is 1. The number of nitrogens with zero attached hydrogens (tertiary/aromatic N) is 3. The number of fused-ring (bicyclic) bond motifs is 1. The zero-order valence-corrected chi connectivity index (χ0v) is 15.7. The van der Waals surface area contributed by atoms with Gasteiger partial charge in [-0.15, -0.1) is 0 Å². The first-order chi connectivity index (χ1) is 13.7. The predicted octanol–water partition coefficient (Wildman–Crippen LogP) is 1.99. The lowest BCUT2D eigenvalue weighted by atomic mass is 10.1. The van der Waals surface area contributed by atoms with Crippen LogP contribution >= 0.6 is 0 Å². The first-order valence-electron chi connectivity index (χ1n) is 9.57. The summed E-state index contributed by atoms with van der Waals surface area (Å²) in [6.45, 7) is 3.94. The summed E-state index contributed by atoms with van der Waals surface area (Å²) in [5, 5.41) is 7.17. The molecule has 0 aliphatic carbocycles. The van der Waals surface area contributed by atoms with Crippen molar-refractivity contribution in [3.8, 4) is 11.3 Å². The molecule has 1 aromatic heterocycles. The molecule has 1 saturated heterocycles. The third-order valence-electron chi connectivity index (χ3n) is 4.79. The van der Waals surface area contributed by atoms with Gasteiger partial charge in [0.15, 0.2) is 0 Å². The van der Waals surface area contributed by atoms with Crippen molar-refractivity contribution in [3.63, 3.8) is 0 Å². The van der Waals surface area contributed by atoms with Gasteiger partial charge in [-0.05, 0) is 18.2 Å². The van der Waals surface area contributed by atoms with Gasteiger partial charge in [0, 0.05) is 55.8 Å². The topological polar surface area (TPSA) is 96.2 Å². The van der Waals surface area contributed by atoms with Crippen LogP contribution in [0.1, 0.15) is 6.42 Å². The normalized spacial score (nSPS) is 14.2. The summed E-state index contributed by atoms with van der Waals surface area (Å²) in [4.78, 5) is 23.8. The second-order valence-electron chi connectivity index (χ2n) is 6.79. The SMILES string of the molecule is NCCC(=O)Nc1ccc2nc(N3CCNCC3)nc(-c3ccccc3)c2c1. The fourth-order valence-electron chi connectivity index (χ4n) is 3.37. The molecule has 28 heavy (non-hydrogen) atoms. The predicted molar refractivity (Wildman–Crippen MR) is 112 cm³/mol. The molecule has 1 fully saturated rings. The van der Waals surface area contributed by atoms with Crippen LogP contribution in [0.25, 0.3) is 22.2 Å². The molecule has 3 aromatic rings. The minimum Gasteiger partial charge on any atom is -0.338 e. The molecule has 4 N–H and O–H groups in total. The Bertz CT molecular complexity index is 969. The van der Waals surface area contributed by atoms with Crippen molar-refractivity contribution in [1.29, 1.82) is 0 Å². The number of anilines is 2. The van der Waals surface area contributed by atoms with E-state index in [9.17, 15) is 4.79 Å². The van der Waals surface area contributed by atoms with Crippen LogP contribution in [-0.2, 0) is 4.79 Å². The minimum atomic E-state index is -0.0959. The molecule has 0 spiro atoms. The average Bonchev–Trinajstić information content (AvgIpc) is 2.74. The molecule has 0 atom stereocenters. The Morgan fingerprint density at radius 3 is 2.64 bits per heavy atom. The Labute approximate surface area is 164 Å². The highest BCUT2D eigenvalue weighted by molar-refractivity contribution is 5.98. The molecule has 7 nitrogen and oxygen atoms in total. The van der Waals surface area contributed by atoms with Crippen molar-refractivity contribution in [3.05, 3.63) is 48.5 Å². The molecule has 0 unspecified atom stereocenters. The van der Waals surface area contributed by atoms with E-state index in [1.54, 1.807) is 0 Å². The van der Waals surface area contributed by atoms with E-state index in [0.717, 1.165) is 60.0 Å². The number of nitrogens with one attached hydrogen (secondary N) is 2. The molecule has 0 radical (unpaired) electrons. The highest BCUT2D eigenvalue weighted by atomic mass is 16.1. The van der Waals surface area contributed by atoms with Crippen LogP contribution in [0, 0.1) is 0 Å². The van der Waals surface area contributed by atoms with Gasteiger partial charge in [-0.2, -0.15) is 0 Å². The summed E-state index contributed by atoms with van der Waals surface area (Å²) < 4.78 is 0. The van der Waals surface area contributed by atoms with Crippen LogP contribution in [0.4, 0.5) is 11.6 Å². The van der Waals surface area contributed by atoms with Gasteiger partial charge >= 0.3 is 0 Å². The molecule has 0 bridgehead atoms. The first-order valence-corrected chi connectivity index (χ1v) is 9.57. The Balaban J connectivity index is 1.80. The van der Waals surface area contributed by atoms with E-state index in [-0.39, 0.29) is 5.91 Å². The number of hydrogen-bond acceptors (Lipinski definition) is 6. The highest BCUT2D eigenvalue weighted by Gasteiger charge is 2.17. The van der Waals surface area contributed by atoms with Crippen LogP contribution in [-0.4, -0.2) is 48.6 Å². The van der Waals surface area contributed by atoms with Crippen molar-refractivity contribution >= 4 is 28.4 Å². The number of carbonyl (C=O) groups excluding carboxylic acids is 1. The summed E-state index contributed by atoms with van der Waals surface area (Å²) >= 11 is 0. The van der Waals surface area contributed by atoms with Crippen LogP contribution in [0.3, 0.4) is 0 Å². The Hall–Kier alpha value is -3.03. The quantitative estimate of drug-likeness (QED) is 0.630. The number of aromatic nitrogens is 2. The van der Waals surface area contributed by atoms with Crippen LogP contribution in [0.2, 0.25) is 0 Å². The van der Waals surface area contributed by atoms with Gasteiger partial charge < -0.3 is 21.3 Å². The number of benzene rings is 2. The summed E-state index contributed by atoms with van der Waals surface area (Å²) in [5.41, 5.74) is 8.95. The molecule has 1 amide bonds. The average molecular weight is 376 g/mol. The van der Waals surface area contributed by atoms with Crippen molar-refractivity contribution in [2.75, 3.05) is 42.9 Å². The lowest BCUT2D eigenvalue weighted by molar-refractivity contribution is -0.116. The molecular formula is C21H24N6O. The number of hydrogen-bond donors (Lipinski definition) is 3. The molecule has 2 aromatic carbocycles. The lowest BCUT2D eigenvalue weighted by Gasteiger charge is -2.28. The molecular weight excluding hydrogens is 352 g/mol. The lowest BCUT2D eigenvalue weighted by Crippen LogP contribution is -2.44. The van der Waals surface area contributed by atoms with Crippen LogP contribution in [0.5, 0.6) is 0 Å². The summed E-state index contributed by atoms with van der Waals surface area (Å²) in [6, 6.07) is 15.8. The Morgan fingerprint density at radius 2 is 1.89 bits per heavy atom. The summed E-state index contributed by atoms with van der Waals surface area (Å²) in [7, 11) is 0. The second kappa shape index (κ2) is 8.33. The number of carbonyl (C=O) groups is 1. The van der Waals surface area contributed by atoms with Gasteiger partial charge in [-0.25, -0.2) is 9.97 Å². The van der Waals surface area contributed by atoms with E-state index < -0.39 is 0 Å². The fourth-order valence-corrected chi connectivity index (χ4v) is 3.37. The van der Waals surface area contributed by atoms with Crippen LogP contribution in [0.15, 0.2) is 48.5 Å². The third-order valence-corrected chi connectivity index (χ3v) is 4.79. The fraction of sp³-hybridized carbons (Fsp3) is 0.286. The van der Waals surface area contributed by atoms with E-state index in [1.165, 1.54) is 0 Å². The standard InChI is InChI=1S/C21H24N6O/c22-9-8-19(28)24-16-6-7-18-17(14-16)20(15-4-2-1-3-5-15)26-21(25-18)27-12-10-23-11-13-27/h1-7,14,23H,8-13,22H2,(H,24,28). The summed E-state index contributed by atoms with van der Waals surface area (Å²) in [5.74, 6) is 0.647. The molecule has 2 heterocycles. The molecule has 1 aliphatic rings. The van der Waals surface area contributed by atoms with Crippen molar-refractivity contribution in [1.82, 2.24) is 15.3 Å². The van der Waals surface area contributed by atoms with E-state index in [1.807, 2.05) is 48.5 Å². The van der Waals surface area contributed by atoms with E-state index in [2.05, 4.69) is 15.5 Å². The van der Waals surface area contributed by atoms with Gasteiger partial charge in [0.25, 0.3) is 0 Å². The second-order valence-corrected chi connectivity index (χ2v) is 6.79. The van der Waals surface area contributed by atoms with E-state index >= 15 is 0 Å². The number of piperazine rings is 1. The van der Waals surface area contributed by atoms with Crippen LogP contribution < -0.4 is 21.3 Å². The summed E-state index contributed by atoms with van der Waals surface area (Å²) in [6.07, 6.45) is 0.294. The number of rotatable bonds is 5. The molecule has 144 valence electrons. The van der Waals surface area contributed by atoms with E-state index in [4.69, 9.17) is 15.7 Å². The van der Waals surface area contributed by atoms with Gasteiger partial charge in [-0.3, -0.25) is 4.79 Å². The number of nitrogens with two attached hydrogens (primary N) is 1. The minimum absolute atomic E-state index is 0.0959. The third kappa shape index (κ3) is 3.95. The van der Waals surface area contributed by atoms with Gasteiger partial charge in [-0.1, -0.05) is 30.3 Å². The van der Waals surface area contributed by atoms with Gasteiger partial charge in [0.1, 0.15) is 0 Å². The maximum atomic E-state index is 11.9. The molecule has 1 aliphatic heterocycles. The largest absolute Gasteiger partial charge is 0.338 e. The van der Waals surface area contributed by atoms with Crippen molar-refractivity contribution in [2.45, 2.75) is 6.42 Å². The zero-order valence-electron chi connectivity index (χ0n) is 15.7. The first kappa shape index (κ1) is 18.3. The van der Waals surface area contributed by atoms with Gasteiger partial charge in [0.2, 0.25) is 11.9 Å². The zero-order chi connectivity index (χ0) is 19.3. The Morgan fingerprint density at radius 1 is 1.11 bits per heavy atom. The highest BCUT2D eigenvalue weighted by Crippen LogP contribution is 2.30. The van der Waals surface area contributed by atoms with E-state index in [0.29, 0.717) is 13.0 Å². The Kier molecular flexibility index (Phi) is 5.45. The van der Waals surface area contributed by atoms with Gasteiger partial charge in [0.05, 0.1) is 11.2 Å². The smallest absolute Gasteiger partial charge is 0.226 e. The van der Waals surface area contributed by atoms with Crippen molar-refractivity contribution in [2.24, 2.45) is 5.73 Å². The molecule has 7 heteroatoms. The van der Waals surface area contributed by atoms with Crippen molar-refractivity contribution < 1.29 is 4.79 Å². The maximum Gasteiger partial charge on any atom is 0.226 e. The maximum absolute atomic E-state index is 11.9. The molecule has 0 saturated carbocycles. The molecule has 4 rings (SSSR count).